The van der Waals surface area contributed by atoms with E-state index in [1.807, 2.05) is 31.2 Å². The van der Waals surface area contributed by atoms with Crippen LogP contribution in [0.3, 0.4) is 0 Å². The molecule has 2 nitrogen and oxygen atoms in total. The predicted molar refractivity (Wildman–Crippen MR) is 68.5 cm³/mol. The van der Waals surface area contributed by atoms with Crippen molar-refractivity contribution in [3.63, 3.8) is 0 Å². The van der Waals surface area contributed by atoms with Crippen molar-refractivity contribution in [1.82, 2.24) is 5.32 Å². The van der Waals surface area contributed by atoms with E-state index < -0.39 is 6.10 Å². The fraction of sp³-hybridized carbons (Fsp3) is 0.571. The molecule has 1 aromatic carbocycles. The number of aliphatic hydroxyl groups excluding tert-OH is 1. The number of rotatable bonds is 4. The van der Waals surface area contributed by atoms with Gasteiger partial charge in [-0.3, -0.25) is 0 Å². The fourth-order valence-corrected chi connectivity index (χ4v) is 1.49. The summed E-state index contributed by atoms with van der Waals surface area (Å²) in [6.45, 7) is 10.1. The monoisotopic (exact) mass is 221 g/mol. The van der Waals surface area contributed by atoms with Gasteiger partial charge in [-0.2, -0.15) is 0 Å². The summed E-state index contributed by atoms with van der Waals surface area (Å²) in [6, 6.07) is 8.03. The van der Waals surface area contributed by atoms with Crippen LogP contribution >= 0.6 is 0 Å². The molecule has 0 aromatic heterocycles. The zero-order valence-corrected chi connectivity index (χ0v) is 10.7. The molecule has 0 aliphatic heterocycles. The number of hydrogen-bond acceptors (Lipinski definition) is 2. The Bertz CT molecular complexity index is 311. The van der Waals surface area contributed by atoms with E-state index >= 15 is 0 Å². The van der Waals surface area contributed by atoms with E-state index in [0.717, 1.165) is 12.1 Å². The Morgan fingerprint density at radius 1 is 1.19 bits per heavy atom. The summed E-state index contributed by atoms with van der Waals surface area (Å²) in [4.78, 5) is 0. The van der Waals surface area contributed by atoms with Gasteiger partial charge in [0.15, 0.2) is 0 Å². The molecule has 0 heterocycles. The second-order valence-electron chi connectivity index (χ2n) is 5.62. The van der Waals surface area contributed by atoms with Crippen LogP contribution in [0.25, 0.3) is 0 Å². The normalized spacial score (nSPS) is 13.8. The summed E-state index contributed by atoms with van der Waals surface area (Å²) in [5.74, 6) is 0. The Kier molecular flexibility index (Phi) is 4.51. The second-order valence-corrected chi connectivity index (χ2v) is 5.62. The van der Waals surface area contributed by atoms with E-state index in [-0.39, 0.29) is 5.41 Å². The third-order valence-electron chi connectivity index (χ3n) is 2.46. The van der Waals surface area contributed by atoms with Gasteiger partial charge in [0.2, 0.25) is 0 Å². The Morgan fingerprint density at radius 3 is 2.25 bits per heavy atom. The van der Waals surface area contributed by atoms with Crippen molar-refractivity contribution in [2.75, 3.05) is 13.1 Å². The fourth-order valence-electron chi connectivity index (χ4n) is 1.49. The van der Waals surface area contributed by atoms with Gasteiger partial charge in [0.25, 0.3) is 0 Å². The number of aliphatic hydroxyl groups is 1. The quantitative estimate of drug-likeness (QED) is 0.819. The number of benzene rings is 1. The predicted octanol–water partition coefficient (Wildman–Crippen LogP) is 2.66. The molecule has 90 valence electrons. The van der Waals surface area contributed by atoms with Crippen molar-refractivity contribution in [3.05, 3.63) is 35.4 Å². The molecule has 2 N–H and O–H groups in total. The Balaban J connectivity index is 2.41. The van der Waals surface area contributed by atoms with Gasteiger partial charge in [0.05, 0.1) is 6.10 Å². The van der Waals surface area contributed by atoms with Gasteiger partial charge >= 0.3 is 0 Å². The molecule has 0 amide bonds. The van der Waals surface area contributed by atoms with Gasteiger partial charge in [-0.25, -0.2) is 0 Å². The SMILES string of the molecule is Cc1ccc(C(O)CNCC(C)(C)C)cc1. The third-order valence-corrected chi connectivity index (χ3v) is 2.46. The molecule has 1 aromatic rings. The minimum atomic E-state index is -0.414. The number of hydrogen-bond donors (Lipinski definition) is 2. The molecule has 0 radical (unpaired) electrons. The van der Waals surface area contributed by atoms with Crippen LogP contribution in [0.5, 0.6) is 0 Å². The van der Waals surface area contributed by atoms with E-state index in [4.69, 9.17) is 0 Å². The number of aryl methyl sites for hydroxylation is 1. The van der Waals surface area contributed by atoms with Crippen molar-refractivity contribution in [1.29, 1.82) is 0 Å². The van der Waals surface area contributed by atoms with Crippen LogP contribution in [0, 0.1) is 12.3 Å². The van der Waals surface area contributed by atoms with Crippen molar-refractivity contribution < 1.29 is 5.11 Å². The molecule has 0 spiro atoms. The average Bonchev–Trinajstić information content (AvgIpc) is 2.16. The van der Waals surface area contributed by atoms with Crippen molar-refractivity contribution in [3.8, 4) is 0 Å². The zero-order chi connectivity index (χ0) is 12.2. The van der Waals surface area contributed by atoms with Crippen molar-refractivity contribution >= 4 is 0 Å². The maximum absolute atomic E-state index is 9.95. The van der Waals surface area contributed by atoms with Crippen LogP contribution in [0.1, 0.15) is 38.0 Å². The van der Waals surface area contributed by atoms with E-state index in [9.17, 15) is 5.11 Å². The molecule has 16 heavy (non-hydrogen) atoms. The highest BCUT2D eigenvalue weighted by Crippen LogP contribution is 2.14. The maximum atomic E-state index is 9.95. The molecule has 0 bridgehead atoms. The molecule has 2 heteroatoms. The summed E-state index contributed by atoms with van der Waals surface area (Å²) in [5, 5.41) is 13.2. The highest BCUT2D eigenvalue weighted by Gasteiger charge is 2.11. The molecule has 0 fully saturated rings. The third kappa shape index (κ3) is 4.77. The molecular weight excluding hydrogens is 198 g/mol. The van der Waals surface area contributed by atoms with Crippen LogP contribution in [-0.2, 0) is 0 Å². The van der Waals surface area contributed by atoms with Crippen LogP contribution in [0.4, 0.5) is 0 Å². The summed E-state index contributed by atoms with van der Waals surface area (Å²) >= 11 is 0. The van der Waals surface area contributed by atoms with Crippen LogP contribution in [0.15, 0.2) is 24.3 Å². The van der Waals surface area contributed by atoms with Gasteiger partial charge in [0.1, 0.15) is 0 Å². The molecule has 0 saturated heterocycles. The van der Waals surface area contributed by atoms with E-state index in [1.165, 1.54) is 5.56 Å². The van der Waals surface area contributed by atoms with Gasteiger partial charge in [-0.1, -0.05) is 50.6 Å². The first-order valence-corrected chi connectivity index (χ1v) is 5.84. The molecule has 0 aliphatic carbocycles. The summed E-state index contributed by atoms with van der Waals surface area (Å²) in [7, 11) is 0. The molecule has 0 saturated carbocycles. The Morgan fingerprint density at radius 2 is 1.75 bits per heavy atom. The Labute approximate surface area is 98.7 Å². The maximum Gasteiger partial charge on any atom is 0.0914 e. The first-order chi connectivity index (χ1) is 7.38. The van der Waals surface area contributed by atoms with Crippen LogP contribution < -0.4 is 5.32 Å². The van der Waals surface area contributed by atoms with Gasteiger partial charge in [-0.05, 0) is 17.9 Å². The van der Waals surface area contributed by atoms with E-state index in [1.54, 1.807) is 0 Å². The van der Waals surface area contributed by atoms with Gasteiger partial charge < -0.3 is 10.4 Å². The molecule has 1 rings (SSSR count). The van der Waals surface area contributed by atoms with Gasteiger partial charge in [0, 0.05) is 13.1 Å². The van der Waals surface area contributed by atoms with Crippen molar-refractivity contribution in [2.24, 2.45) is 5.41 Å². The van der Waals surface area contributed by atoms with Gasteiger partial charge in [-0.15, -0.1) is 0 Å². The van der Waals surface area contributed by atoms with Crippen LogP contribution in [0.2, 0.25) is 0 Å². The first-order valence-electron chi connectivity index (χ1n) is 5.84. The lowest BCUT2D eigenvalue weighted by atomic mass is 9.97. The minimum absolute atomic E-state index is 0.257. The largest absolute Gasteiger partial charge is 0.387 e. The average molecular weight is 221 g/mol. The summed E-state index contributed by atoms with van der Waals surface area (Å²) in [5.41, 5.74) is 2.46. The van der Waals surface area contributed by atoms with E-state index in [2.05, 4.69) is 26.1 Å². The summed E-state index contributed by atoms with van der Waals surface area (Å²) < 4.78 is 0. The smallest absolute Gasteiger partial charge is 0.0914 e. The summed E-state index contributed by atoms with van der Waals surface area (Å²) in [6.07, 6.45) is -0.414. The highest BCUT2D eigenvalue weighted by atomic mass is 16.3. The Hall–Kier alpha value is -0.860. The van der Waals surface area contributed by atoms with Crippen molar-refractivity contribution in [2.45, 2.75) is 33.8 Å². The number of nitrogens with one attached hydrogen (secondary N) is 1. The lowest BCUT2D eigenvalue weighted by Crippen LogP contribution is -2.30. The minimum Gasteiger partial charge on any atom is -0.387 e. The first kappa shape index (κ1) is 13.2. The topological polar surface area (TPSA) is 32.3 Å². The highest BCUT2D eigenvalue weighted by molar-refractivity contribution is 5.23. The molecule has 1 atom stereocenters. The molecule has 1 unspecified atom stereocenters. The molecule has 0 aliphatic rings. The standard InChI is InChI=1S/C14H23NO/c1-11-5-7-12(8-6-11)13(16)9-15-10-14(2,3)4/h5-8,13,15-16H,9-10H2,1-4H3. The molecular formula is C14H23NO. The second kappa shape index (κ2) is 5.46. The lowest BCUT2D eigenvalue weighted by molar-refractivity contribution is 0.170. The lowest BCUT2D eigenvalue weighted by Gasteiger charge is -2.20. The van der Waals surface area contributed by atoms with E-state index in [0.29, 0.717) is 6.54 Å². The van der Waals surface area contributed by atoms with Crippen LogP contribution in [-0.4, -0.2) is 18.2 Å². The zero-order valence-electron chi connectivity index (χ0n) is 10.7.